The number of nitriles is 1. The summed E-state index contributed by atoms with van der Waals surface area (Å²) in [6.07, 6.45) is 0. The molecule has 1 rings (SSSR count). The minimum Gasteiger partial charge on any atom is -0.310 e. The molecule has 0 saturated carbocycles. The number of carbonyl (C=O) groups excluding carboxylic acids is 1. The molecule has 0 aromatic carbocycles. The van der Waals surface area contributed by atoms with Gasteiger partial charge in [0.05, 0.1) is 11.8 Å². The van der Waals surface area contributed by atoms with Gasteiger partial charge in [0.25, 0.3) is 0 Å². The van der Waals surface area contributed by atoms with Gasteiger partial charge in [-0.3, -0.25) is 9.48 Å². The molecule has 1 N–H and O–H groups in total. The van der Waals surface area contributed by atoms with E-state index >= 15 is 0 Å². The summed E-state index contributed by atoms with van der Waals surface area (Å²) in [6, 6.07) is 3.70. The molecule has 0 fully saturated rings. The second kappa shape index (κ2) is 3.73. The van der Waals surface area contributed by atoms with Crippen LogP contribution >= 0.6 is 0 Å². The van der Waals surface area contributed by atoms with E-state index in [9.17, 15) is 4.79 Å². The first kappa shape index (κ1) is 11.2. The highest BCUT2D eigenvalue weighted by atomic mass is 16.2. The second-order valence-corrected chi connectivity index (χ2v) is 3.99. The third kappa shape index (κ3) is 2.34. The molecule has 0 aliphatic heterocycles. The third-order valence-corrected chi connectivity index (χ3v) is 2.09. The fraction of sp³-hybridized carbons (Fsp3) is 0.500. The van der Waals surface area contributed by atoms with Crippen molar-refractivity contribution in [2.24, 2.45) is 12.5 Å². The fourth-order valence-corrected chi connectivity index (χ4v) is 1.05. The van der Waals surface area contributed by atoms with Gasteiger partial charge in [-0.25, -0.2) is 0 Å². The predicted octanol–water partition coefficient (Wildman–Crippen LogP) is 1.22. The van der Waals surface area contributed by atoms with E-state index in [2.05, 4.69) is 10.4 Å². The lowest BCUT2D eigenvalue weighted by molar-refractivity contribution is -0.121. The first-order valence-electron chi connectivity index (χ1n) is 4.60. The Bertz CT molecular complexity index is 425. The minimum absolute atomic E-state index is 0.326. The summed E-state index contributed by atoms with van der Waals surface area (Å²) in [4.78, 5) is 11.7. The Morgan fingerprint density at radius 1 is 1.67 bits per heavy atom. The topological polar surface area (TPSA) is 70.7 Å². The zero-order valence-electron chi connectivity index (χ0n) is 9.33. The maximum absolute atomic E-state index is 11.7. The van der Waals surface area contributed by atoms with Crippen LogP contribution in [-0.4, -0.2) is 15.7 Å². The Morgan fingerprint density at radius 3 is 2.67 bits per heavy atom. The average Bonchev–Trinajstić information content (AvgIpc) is 2.45. The van der Waals surface area contributed by atoms with Crippen LogP contribution in [0, 0.1) is 23.7 Å². The summed E-state index contributed by atoms with van der Waals surface area (Å²) in [5.41, 5.74) is -0.208. The van der Waals surface area contributed by atoms with Crippen molar-refractivity contribution in [2.45, 2.75) is 20.8 Å². The molecule has 1 aromatic heterocycles. The summed E-state index contributed by atoms with van der Waals surface area (Å²) < 4.78 is 1.57. The fourth-order valence-electron chi connectivity index (χ4n) is 1.05. The van der Waals surface area contributed by atoms with Crippen molar-refractivity contribution in [1.82, 2.24) is 9.78 Å². The number of amides is 1. The number of aryl methyl sites for hydroxylation is 2. The zero-order valence-corrected chi connectivity index (χ0v) is 9.33. The lowest BCUT2D eigenvalue weighted by Gasteiger charge is -2.14. The van der Waals surface area contributed by atoms with Gasteiger partial charge in [0, 0.05) is 13.1 Å². The van der Waals surface area contributed by atoms with Crippen molar-refractivity contribution < 1.29 is 4.79 Å². The lowest BCUT2D eigenvalue weighted by Crippen LogP contribution is -2.29. The van der Waals surface area contributed by atoms with Crippen LogP contribution in [0.4, 0.5) is 5.82 Å². The molecule has 0 aliphatic carbocycles. The van der Waals surface area contributed by atoms with Crippen LogP contribution in [0.15, 0.2) is 6.07 Å². The first-order valence-corrected chi connectivity index (χ1v) is 4.60. The second-order valence-electron chi connectivity index (χ2n) is 3.99. The van der Waals surface area contributed by atoms with Gasteiger partial charge in [0.15, 0.2) is 0 Å². The zero-order chi connectivity index (χ0) is 11.6. The molecule has 0 radical (unpaired) electrons. The highest BCUT2D eigenvalue weighted by Gasteiger charge is 2.27. The van der Waals surface area contributed by atoms with Gasteiger partial charge < -0.3 is 5.32 Å². The van der Waals surface area contributed by atoms with Gasteiger partial charge >= 0.3 is 0 Å². The minimum atomic E-state index is -1.03. The maximum Gasteiger partial charge on any atom is 0.245 e. The molecule has 1 heterocycles. The molecule has 5 nitrogen and oxygen atoms in total. The number of hydrogen-bond donors (Lipinski definition) is 1. The average molecular weight is 206 g/mol. The normalized spacial score (nSPS) is 10.9. The smallest absolute Gasteiger partial charge is 0.245 e. The molecule has 5 heteroatoms. The molecular weight excluding hydrogens is 192 g/mol. The van der Waals surface area contributed by atoms with Gasteiger partial charge in [0.1, 0.15) is 11.2 Å². The summed E-state index contributed by atoms with van der Waals surface area (Å²) in [7, 11) is 1.74. The Morgan fingerprint density at radius 2 is 2.27 bits per heavy atom. The molecule has 1 amide bonds. The number of rotatable bonds is 2. The van der Waals surface area contributed by atoms with Crippen LogP contribution in [0.1, 0.15) is 19.5 Å². The molecule has 0 aliphatic rings. The highest BCUT2D eigenvalue weighted by molar-refractivity contribution is 5.95. The van der Waals surface area contributed by atoms with Crippen molar-refractivity contribution in [3.05, 3.63) is 11.8 Å². The van der Waals surface area contributed by atoms with Crippen molar-refractivity contribution in [3.8, 4) is 6.07 Å². The van der Waals surface area contributed by atoms with Crippen LogP contribution in [-0.2, 0) is 11.8 Å². The van der Waals surface area contributed by atoms with Gasteiger partial charge in [-0.1, -0.05) is 0 Å². The highest BCUT2D eigenvalue weighted by Crippen LogP contribution is 2.17. The standard InChI is InChI=1S/C10H14N4O/c1-7-5-8(14(4)13-7)12-9(15)10(2,3)6-11/h5H,1-4H3,(H,12,15). The lowest BCUT2D eigenvalue weighted by atomic mass is 9.95. The van der Waals surface area contributed by atoms with Crippen LogP contribution in [0.25, 0.3) is 0 Å². The number of hydrogen-bond acceptors (Lipinski definition) is 3. The van der Waals surface area contributed by atoms with Gasteiger partial charge in [-0.15, -0.1) is 0 Å². The molecule has 0 unspecified atom stereocenters. The number of anilines is 1. The summed E-state index contributed by atoms with van der Waals surface area (Å²) in [5, 5.41) is 15.5. The molecule has 15 heavy (non-hydrogen) atoms. The van der Waals surface area contributed by atoms with Crippen molar-refractivity contribution >= 4 is 11.7 Å². The Hall–Kier alpha value is -1.83. The monoisotopic (exact) mass is 206 g/mol. The van der Waals surface area contributed by atoms with E-state index in [1.54, 1.807) is 31.6 Å². The summed E-state index contributed by atoms with van der Waals surface area (Å²) in [5.74, 6) is 0.272. The van der Waals surface area contributed by atoms with E-state index < -0.39 is 5.41 Å². The van der Waals surface area contributed by atoms with Crippen LogP contribution in [0.2, 0.25) is 0 Å². The van der Waals surface area contributed by atoms with Crippen molar-refractivity contribution in [1.29, 1.82) is 5.26 Å². The van der Waals surface area contributed by atoms with Crippen LogP contribution < -0.4 is 5.32 Å². The number of carbonyl (C=O) groups is 1. The maximum atomic E-state index is 11.7. The Labute approximate surface area is 88.7 Å². The molecule has 0 spiro atoms. The molecule has 0 saturated heterocycles. The van der Waals surface area contributed by atoms with Gasteiger partial charge in [0.2, 0.25) is 5.91 Å². The van der Waals surface area contributed by atoms with Crippen molar-refractivity contribution in [3.63, 3.8) is 0 Å². The summed E-state index contributed by atoms with van der Waals surface area (Å²) in [6.45, 7) is 4.99. The van der Waals surface area contributed by atoms with E-state index in [0.717, 1.165) is 5.69 Å². The Balaban J connectivity index is 2.85. The van der Waals surface area contributed by atoms with Crippen LogP contribution in [0.3, 0.4) is 0 Å². The van der Waals surface area contributed by atoms with E-state index in [1.807, 2.05) is 13.0 Å². The SMILES string of the molecule is Cc1cc(NC(=O)C(C)(C)C#N)n(C)n1. The quantitative estimate of drug-likeness (QED) is 0.790. The van der Waals surface area contributed by atoms with Crippen LogP contribution in [0.5, 0.6) is 0 Å². The third-order valence-electron chi connectivity index (χ3n) is 2.09. The number of aromatic nitrogens is 2. The van der Waals surface area contributed by atoms with E-state index in [-0.39, 0.29) is 5.91 Å². The molecule has 0 atom stereocenters. The number of nitrogens with one attached hydrogen (secondary N) is 1. The molecular formula is C10H14N4O. The van der Waals surface area contributed by atoms with Gasteiger partial charge in [-0.05, 0) is 20.8 Å². The van der Waals surface area contributed by atoms with E-state index in [4.69, 9.17) is 5.26 Å². The summed E-state index contributed by atoms with van der Waals surface area (Å²) >= 11 is 0. The van der Waals surface area contributed by atoms with Gasteiger partial charge in [-0.2, -0.15) is 10.4 Å². The molecule has 80 valence electrons. The first-order chi connectivity index (χ1) is 6.86. The Kier molecular flexibility index (Phi) is 2.80. The number of nitrogens with zero attached hydrogens (tertiary/aromatic N) is 3. The molecule has 1 aromatic rings. The largest absolute Gasteiger partial charge is 0.310 e. The van der Waals surface area contributed by atoms with Crippen molar-refractivity contribution in [2.75, 3.05) is 5.32 Å². The molecule has 0 bridgehead atoms. The van der Waals surface area contributed by atoms with E-state index in [0.29, 0.717) is 5.82 Å². The predicted molar refractivity (Wildman–Crippen MR) is 56.0 cm³/mol. The van der Waals surface area contributed by atoms with E-state index in [1.165, 1.54) is 0 Å².